The molecule has 43 heavy (non-hydrogen) atoms. The van der Waals surface area contributed by atoms with Crippen molar-refractivity contribution in [3.8, 4) is 0 Å². The first-order valence-corrected chi connectivity index (χ1v) is 8.87. The van der Waals surface area contributed by atoms with Crippen LogP contribution in [0.25, 0.3) is 0 Å². The van der Waals surface area contributed by atoms with E-state index in [1.807, 2.05) is 0 Å². The predicted molar refractivity (Wildman–Crippen MR) is 72.5 cm³/mol. The molecule has 0 rings (SSSR count). The Hall–Kier alpha value is -2.00. The minimum absolute atomic E-state index is 5.89. The van der Waals surface area contributed by atoms with E-state index in [1.165, 1.54) is 0 Å². The summed E-state index contributed by atoms with van der Waals surface area (Å²) >= 11 is 0. The van der Waals surface area contributed by atoms with E-state index in [2.05, 4.69) is 0 Å². The molecule has 0 aliphatic heterocycles. The Kier molecular flexibility index (Phi) is 9.30. The Morgan fingerprint density at radius 2 is 0.395 bits per heavy atom. The molecule has 0 aromatic carbocycles. The third-order valence-corrected chi connectivity index (χ3v) is 5.02. The summed E-state index contributed by atoms with van der Waals surface area (Å²) in [5, 5.41) is 7.61. The lowest BCUT2D eigenvalue weighted by atomic mass is 9.84. The quantitative estimate of drug-likeness (QED) is 0.201. The van der Waals surface area contributed by atoms with Gasteiger partial charge in [0.1, 0.15) is 0 Å². The fraction of sp³-hybridized carbons (Fsp3) is 1.00. The molecule has 0 heterocycles. The number of hydrogen-bond acceptors (Lipinski definition) is 1. The lowest BCUT2D eigenvalue weighted by Gasteiger charge is -2.46. The number of alkyl halides is 28. The van der Waals surface area contributed by atoms with Crippen molar-refractivity contribution in [3.05, 3.63) is 0 Å². The summed E-state index contributed by atoms with van der Waals surface area (Å²) in [7, 11) is 0. The molecular formula is C14H2F28O. The molecule has 0 spiro atoms. The van der Waals surface area contributed by atoms with Crippen molar-refractivity contribution in [2.75, 3.05) is 0 Å². The fourth-order valence-electron chi connectivity index (χ4n) is 2.31. The van der Waals surface area contributed by atoms with E-state index < -0.39 is 83.6 Å². The SMILES string of the molecule is OC(F)C(F)(F)C(F)(F)C(F)(F)C(F)(F)C(F)(F)C(F)(F)C(F)(F)C(F)(F)C(F)(F)C(F)(F)C(F)(F)C(F)(F)C(F)(F)F. The van der Waals surface area contributed by atoms with Gasteiger partial charge in [-0.1, -0.05) is 0 Å². The normalized spacial score (nSPS) is 17.8. The van der Waals surface area contributed by atoms with Gasteiger partial charge < -0.3 is 5.11 Å². The van der Waals surface area contributed by atoms with Crippen LogP contribution in [0.1, 0.15) is 0 Å². The summed E-state index contributed by atoms with van der Waals surface area (Å²) in [6.45, 7) is 0. The van der Waals surface area contributed by atoms with Crippen LogP contribution >= 0.6 is 0 Å². The summed E-state index contributed by atoms with van der Waals surface area (Å²) in [6, 6.07) is 0. The van der Waals surface area contributed by atoms with Crippen molar-refractivity contribution in [2.45, 2.75) is 83.6 Å². The minimum Gasteiger partial charge on any atom is -0.359 e. The van der Waals surface area contributed by atoms with E-state index in [0.717, 1.165) is 0 Å². The van der Waals surface area contributed by atoms with E-state index >= 15 is 0 Å². The minimum atomic E-state index is -9.86. The smallest absolute Gasteiger partial charge is 0.359 e. The summed E-state index contributed by atoms with van der Waals surface area (Å²) in [4.78, 5) is 0. The number of aliphatic hydroxyl groups excluding tert-OH is 1. The fourth-order valence-corrected chi connectivity index (χ4v) is 2.31. The Morgan fingerprint density at radius 3 is 0.535 bits per heavy atom. The molecule has 0 amide bonds. The van der Waals surface area contributed by atoms with Crippen LogP contribution < -0.4 is 0 Å². The van der Waals surface area contributed by atoms with Crippen LogP contribution in [0.2, 0.25) is 0 Å². The highest BCUT2D eigenvalue weighted by molar-refractivity contribution is 5.20. The average molecular weight is 718 g/mol. The molecule has 1 atom stereocenters. The summed E-state index contributed by atoms with van der Waals surface area (Å²) in [6.07, 6.45) is -14.2. The molecule has 0 fully saturated rings. The third-order valence-electron chi connectivity index (χ3n) is 5.02. The molecular weight excluding hydrogens is 716 g/mol. The van der Waals surface area contributed by atoms with E-state index in [0.29, 0.717) is 0 Å². The monoisotopic (exact) mass is 718 g/mol. The van der Waals surface area contributed by atoms with Crippen LogP contribution in [0, 0.1) is 0 Å². The van der Waals surface area contributed by atoms with Crippen LogP contribution in [0.4, 0.5) is 123 Å². The van der Waals surface area contributed by atoms with Crippen molar-refractivity contribution in [3.63, 3.8) is 0 Å². The average Bonchev–Trinajstić information content (AvgIpc) is 2.76. The molecule has 1 unspecified atom stereocenters. The second-order valence-corrected chi connectivity index (χ2v) is 7.77. The Morgan fingerprint density at radius 1 is 0.256 bits per heavy atom. The number of rotatable bonds is 12. The Labute approximate surface area is 213 Å². The van der Waals surface area contributed by atoms with Gasteiger partial charge in [0.2, 0.25) is 0 Å². The van der Waals surface area contributed by atoms with Crippen molar-refractivity contribution < 1.29 is 128 Å². The first-order valence-electron chi connectivity index (χ1n) is 8.87. The number of hydrogen-bond donors (Lipinski definition) is 1. The summed E-state index contributed by atoms with van der Waals surface area (Å²) in [5.74, 6) is -112. The van der Waals surface area contributed by atoms with Crippen molar-refractivity contribution in [2.24, 2.45) is 0 Å². The van der Waals surface area contributed by atoms with Crippen LogP contribution in [-0.4, -0.2) is 88.7 Å². The van der Waals surface area contributed by atoms with Gasteiger partial charge in [0.15, 0.2) is 0 Å². The van der Waals surface area contributed by atoms with Crippen LogP contribution in [-0.2, 0) is 0 Å². The van der Waals surface area contributed by atoms with Gasteiger partial charge in [0, 0.05) is 0 Å². The van der Waals surface area contributed by atoms with E-state index in [1.54, 1.807) is 0 Å². The molecule has 0 saturated carbocycles. The van der Waals surface area contributed by atoms with Crippen molar-refractivity contribution in [1.29, 1.82) is 0 Å². The zero-order valence-corrected chi connectivity index (χ0v) is 18.1. The van der Waals surface area contributed by atoms with Gasteiger partial charge >= 0.3 is 77.2 Å². The molecule has 0 saturated heterocycles. The lowest BCUT2D eigenvalue weighted by molar-refractivity contribution is -0.486. The maximum absolute atomic E-state index is 13.5. The van der Waals surface area contributed by atoms with E-state index in [9.17, 15) is 123 Å². The van der Waals surface area contributed by atoms with Crippen LogP contribution in [0.15, 0.2) is 0 Å². The van der Waals surface area contributed by atoms with Gasteiger partial charge in [-0.25, -0.2) is 4.39 Å². The summed E-state index contributed by atoms with van der Waals surface area (Å²) in [5.41, 5.74) is 0. The standard InChI is InChI=1S/C14H2F28O/c15-1(43)2(16,17)3(18,19)4(20,21)5(22,23)6(24,25)7(26,27)8(28,29)9(30,31)10(32,33)11(34,35)12(36,37)13(38,39)14(40,41)42/h1,43H. The largest absolute Gasteiger partial charge is 0.460 e. The molecule has 1 N–H and O–H groups in total. The van der Waals surface area contributed by atoms with Gasteiger partial charge in [0.25, 0.3) is 6.36 Å². The highest BCUT2D eigenvalue weighted by Crippen LogP contribution is 2.68. The molecule has 0 radical (unpaired) electrons. The number of halogens is 28. The van der Waals surface area contributed by atoms with Gasteiger partial charge in [0.05, 0.1) is 0 Å². The van der Waals surface area contributed by atoms with Crippen molar-refractivity contribution >= 4 is 0 Å². The molecule has 0 aromatic heterocycles. The zero-order chi connectivity index (χ0) is 36.1. The van der Waals surface area contributed by atoms with Gasteiger partial charge in [-0.2, -0.15) is 119 Å². The molecule has 1 nitrogen and oxygen atoms in total. The molecule has 260 valence electrons. The van der Waals surface area contributed by atoms with Gasteiger partial charge in [-0.3, -0.25) is 0 Å². The third kappa shape index (κ3) is 4.60. The van der Waals surface area contributed by atoms with Crippen LogP contribution in [0.3, 0.4) is 0 Å². The molecule has 0 aliphatic carbocycles. The van der Waals surface area contributed by atoms with Crippen molar-refractivity contribution in [1.82, 2.24) is 0 Å². The molecule has 0 bridgehead atoms. The molecule has 0 aromatic rings. The number of aliphatic hydroxyl groups is 1. The second kappa shape index (κ2) is 9.75. The predicted octanol–water partition coefficient (Wildman–Crippen LogP) is 8.46. The molecule has 0 aliphatic rings. The Balaban J connectivity index is 7.47. The first-order chi connectivity index (χ1) is 17.9. The summed E-state index contributed by atoms with van der Waals surface area (Å²) < 4.78 is 366. The zero-order valence-electron chi connectivity index (χ0n) is 18.1. The second-order valence-electron chi connectivity index (χ2n) is 7.77. The van der Waals surface area contributed by atoms with Gasteiger partial charge in [-0.05, 0) is 0 Å². The topological polar surface area (TPSA) is 20.2 Å². The lowest BCUT2D eigenvalue weighted by Crippen LogP contribution is -2.79. The van der Waals surface area contributed by atoms with E-state index in [4.69, 9.17) is 5.11 Å². The van der Waals surface area contributed by atoms with Gasteiger partial charge in [-0.15, -0.1) is 0 Å². The first kappa shape index (κ1) is 41.0. The van der Waals surface area contributed by atoms with Crippen LogP contribution in [0.5, 0.6) is 0 Å². The molecule has 29 heteroatoms. The maximum atomic E-state index is 13.5. The highest BCUT2D eigenvalue weighted by Gasteiger charge is 3.00. The highest BCUT2D eigenvalue weighted by atomic mass is 19.4. The maximum Gasteiger partial charge on any atom is 0.460 e. The van der Waals surface area contributed by atoms with E-state index in [-0.39, 0.29) is 0 Å². The Bertz CT molecular complexity index is 1010.